The molecule has 2 heterocycles. The molecule has 0 fully saturated rings. The number of pyridine rings is 1. The molecule has 0 unspecified atom stereocenters. The smallest absolute Gasteiger partial charge is 0.350 e. The van der Waals surface area contributed by atoms with E-state index in [4.69, 9.17) is 0 Å². The van der Waals surface area contributed by atoms with Crippen molar-refractivity contribution in [3.8, 4) is 0 Å². The van der Waals surface area contributed by atoms with Gasteiger partial charge in [0.2, 0.25) is 5.91 Å². The van der Waals surface area contributed by atoms with E-state index in [1.807, 2.05) is 0 Å². The molecule has 0 aliphatic heterocycles. The Morgan fingerprint density at radius 2 is 2.05 bits per heavy atom. The van der Waals surface area contributed by atoms with Gasteiger partial charge in [-0.3, -0.25) is 9.78 Å². The second-order valence-corrected chi connectivity index (χ2v) is 4.44. The van der Waals surface area contributed by atoms with Crippen LogP contribution in [0.2, 0.25) is 0 Å². The van der Waals surface area contributed by atoms with Crippen LogP contribution in [0.1, 0.15) is 17.0 Å². The van der Waals surface area contributed by atoms with E-state index in [2.05, 4.69) is 19.0 Å². The van der Waals surface area contributed by atoms with Gasteiger partial charge >= 0.3 is 6.18 Å². The number of nitrogens with one attached hydrogen (secondary N) is 1. The van der Waals surface area contributed by atoms with Gasteiger partial charge in [-0.25, -0.2) is 0 Å². The summed E-state index contributed by atoms with van der Waals surface area (Å²) in [7, 11) is 0. The molecule has 0 atom stereocenters. The zero-order valence-corrected chi connectivity index (χ0v) is 10.8. The maximum atomic E-state index is 12.3. The number of nitrogens with zero attached hydrogens (tertiary/aromatic N) is 3. The van der Waals surface area contributed by atoms with E-state index in [1.165, 1.54) is 12.3 Å². The van der Waals surface area contributed by atoms with Crippen LogP contribution < -0.4 is 5.32 Å². The molecule has 2 aromatic heterocycles. The van der Waals surface area contributed by atoms with Gasteiger partial charge in [0.05, 0.1) is 42.1 Å². The SMILES string of the molecule is O=C(Cc1ccc(C(F)(F)F)cn1)NCc1cnsn1. The summed E-state index contributed by atoms with van der Waals surface area (Å²) in [6.45, 7) is 0.232. The Hall–Kier alpha value is -2.03. The Morgan fingerprint density at radius 1 is 1.25 bits per heavy atom. The summed E-state index contributed by atoms with van der Waals surface area (Å²) >= 11 is 1.03. The van der Waals surface area contributed by atoms with Crippen LogP contribution in [0.4, 0.5) is 13.2 Å². The fraction of sp³-hybridized carbons (Fsp3) is 0.273. The van der Waals surface area contributed by atoms with Crippen LogP contribution in [0, 0.1) is 0 Å². The van der Waals surface area contributed by atoms with Gasteiger partial charge in [0.15, 0.2) is 0 Å². The average molecular weight is 302 g/mol. The second-order valence-electron chi connectivity index (χ2n) is 3.89. The first-order valence-corrected chi connectivity index (χ1v) is 6.23. The van der Waals surface area contributed by atoms with Crippen molar-refractivity contribution in [3.05, 3.63) is 41.5 Å². The maximum absolute atomic E-state index is 12.3. The lowest BCUT2D eigenvalue weighted by Gasteiger charge is -2.07. The molecular weight excluding hydrogens is 293 g/mol. The van der Waals surface area contributed by atoms with Gasteiger partial charge in [-0.15, -0.1) is 0 Å². The minimum absolute atomic E-state index is 0.0876. The highest BCUT2D eigenvalue weighted by molar-refractivity contribution is 6.99. The number of carbonyl (C=O) groups excluding carboxylic acids is 1. The number of alkyl halides is 3. The number of rotatable bonds is 4. The number of carbonyl (C=O) groups is 1. The number of halogens is 3. The summed E-state index contributed by atoms with van der Waals surface area (Å²) in [4.78, 5) is 15.2. The Bertz CT molecular complexity index is 568. The molecule has 0 aliphatic rings. The van der Waals surface area contributed by atoms with Crippen LogP contribution in [0.25, 0.3) is 0 Å². The van der Waals surface area contributed by atoms with Crippen LogP contribution in [-0.4, -0.2) is 19.6 Å². The summed E-state index contributed by atoms with van der Waals surface area (Å²) in [5, 5.41) is 2.58. The molecule has 5 nitrogen and oxygen atoms in total. The largest absolute Gasteiger partial charge is 0.417 e. The molecule has 0 saturated heterocycles. The van der Waals surface area contributed by atoms with Crippen molar-refractivity contribution < 1.29 is 18.0 Å². The molecule has 0 saturated carbocycles. The van der Waals surface area contributed by atoms with E-state index in [0.29, 0.717) is 11.9 Å². The van der Waals surface area contributed by atoms with Gasteiger partial charge in [0.1, 0.15) is 0 Å². The summed E-state index contributed by atoms with van der Waals surface area (Å²) in [5.41, 5.74) is 0.0610. The molecule has 1 N–H and O–H groups in total. The third-order valence-corrected chi connectivity index (χ3v) is 2.88. The van der Waals surface area contributed by atoms with Crippen molar-refractivity contribution in [1.29, 1.82) is 0 Å². The van der Waals surface area contributed by atoms with Gasteiger partial charge < -0.3 is 5.32 Å². The average Bonchev–Trinajstić information content (AvgIpc) is 2.89. The first-order chi connectivity index (χ1) is 9.45. The fourth-order valence-electron chi connectivity index (χ4n) is 1.37. The van der Waals surface area contributed by atoms with Crippen molar-refractivity contribution in [2.45, 2.75) is 19.1 Å². The van der Waals surface area contributed by atoms with Gasteiger partial charge in [-0.2, -0.15) is 21.9 Å². The normalized spacial score (nSPS) is 11.3. The minimum Gasteiger partial charge on any atom is -0.350 e. The Kier molecular flexibility index (Phi) is 4.28. The topological polar surface area (TPSA) is 67.8 Å². The van der Waals surface area contributed by atoms with E-state index in [1.54, 1.807) is 0 Å². The molecule has 9 heteroatoms. The van der Waals surface area contributed by atoms with Crippen LogP contribution in [0.3, 0.4) is 0 Å². The molecule has 0 radical (unpaired) electrons. The summed E-state index contributed by atoms with van der Waals surface area (Å²) in [6, 6.07) is 2.09. The van der Waals surface area contributed by atoms with Gasteiger partial charge in [0, 0.05) is 11.9 Å². The van der Waals surface area contributed by atoms with Gasteiger partial charge in [-0.05, 0) is 12.1 Å². The van der Waals surface area contributed by atoms with E-state index in [9.17, 15) is 18.0 Å². The van der Waals surface area contributed by atoms with E-state index < -0.39 is 11.7 Å². The second kappa shape index (κ2) is 5.95. The fourth-order valence-corrected chi connectivity index (χ4v) is 1.81. The predicted octanol–water partition coefficient (Wildman–Crippen LogP) is 1.81. The number of aromatic nitrogens is 3. The predicted molar refractivity (Wildman–Crippen MR) is 64.7 cm³/mol. The summed E-state index contributed by atoms with van der Waals surface area (Å²) in [6.07, 6.45) is -2.27. The lowest BCUT2D eigenvalue weighted by molar-refractivity contribution is -0.137. The van der Waals surface area contributed by atoms with Crippen molar-refractivity contribution >= 4 is 17.6 Å². The Balaban J connectivity index is 1.88. The van der Waals surface area contributed by atoms with Crippen molar-refractivity contribution in [2.24, 2.45) is 0 Å². The molecule has 0 bridgehead atoms. The summed E-state index contributed by atoms with van der Waals surface area (Å²) in [5.74, 6) is -0.342. The lowest BCUT2D eigenvalue weighted by atomic mass is 10.2. The zero-order chi connectivity index (χ0) is 14.6. The molecule has 0 aromatic carbocycles. The zero-order valence-electron chi connectivity index (χ0n) is 10.0. The first-order valence-electron chi connectivity index (χ1n) is 5.50. The molecule has 0 spiro atoms. The van der Waals surface area contributed by atoms with E-state index >= 15 is 0 Å². The molecule has 106 valence electrons. The standard InChI is InChI=1S/C11H9F3N4OS/c12-11(13,14)7-1-2-8(15-4-7)3-10(19)16-5-9-6-17-20-18-9/h1-2,4,6H,3,5H2,(H,16,19). The highest BCUT2D eigenvalue weighted by atomic mass is 32.1. The van der Waals surface area contributed by atoms with Crippen LogP contribution in [0.5, 0.6) is 0 Å². The molecule has 2 rings (SSSR count). The molecule has 20 heavy (non-hydrogen) atoms. The minimum atomic E-state index is -4.43. The maximum Gasteiger partial charge on any atom is 0.417 e. The Morgan fingerprint density at radius 3 is 2.60 bits per heavy atom. The lowest BCUT2D eigenvalue weighted by Crippen LogP contribution is -2.25. The number of hydrogen-bond acceptors (Lipinski definition) is 5. The quantitative estimate of drug-likeness (QED) is 0.935. The van der Waals surface area contributed by atoms with Gasteiger partial charge in [0.25, 0.3) is 0 Å². The molecule has 0 aliphatic carbocycles. The van der Waals surface area contributed by atoms with Crippen LogP contribution in [-0.2, 0) is 23.9 Å². The molecular formula is C11H9F3N4OS. The van der Waals surface area contributed by atoms with Crippen LogP contribution in [0.15, 0.2) is 24.5 Å². The highest BCUT2D eigenvalue weighted by Crippen LogP contribution is 2.28. The van der Waals surface area contributed by atoms with E-state index in [0.717, 1.165) is 17.8 Å². The van der Waals surface area contributed by atoms with E-state index in [-0.39, 0.29) is 24.6 Å². The van der Waals surface area contributed by atoms with Crippen molar-refractivity contribution in [1.82, 2.24) is 19.0 Å². The first kappa shape index (κ1) is 14.4. The number of amides is 1. The van der Waals surface area contributed by atoms with Crippen molar-refractivity contribution in [2.75, 3.05) is 0 Å². The van der Waals surface area contributed by atoms with Crippen LogP contribution >= 0.6 is 11.7 Å². The molecule has 2 aromatic rings. The number of hydrogen-bond donors (Lipinski definition) is 1. The third-order valence-electron chi connectivity index (χ3n) is 2.37. The summed E-state index contributed by atoms with van der Waals surface area (Å²) < 4.78 is 44.7. The highest BCUT2D eigenvalue weighted by Gasteiger charge is 2.30. The monoisotopic (exact) mass is 302 g/mol. The third kappa shape index (κ3) is 3.98. The van der Waals surface area contributed by atoms with Crippen molar-refractivity contribution in [3.63, 3.8) is 0 Å². The van der Waals surface area contributed by atoms with Gasteiger partial charge in [-0.1, -0.05) is 0 Å². The molecule has 1 amide bonds. The Labute approximate surface area is 116 Å².